The van der Waals surface area contributed by atoms with E-state index in [4.69, 9.17) is 4.74 Å². The van der Waals surface area contributed by atoms with Crippen molar-refractivity contribution in [3.8, 4) is 5.88 Å². The molecule has 0 aliphatic heterocycles. The highest BCUT2D eigenvalue weighted by molar-refractivity contribution is 5.19. The minimum atomic E-state index is 0.162. The molecule has 0 radical (unpaired) electrons. The first-order valence-electron chi connectivity index (χ1n) is 5.90. The third-order valence-electron chi connectivity index (χ3n) is 2.49. The van der Waals surface area contributed by atoms with Gasteiger partial charge < -0.3 is 4.74 Å². The summed E-state index contributed by atoms with van der Waals surface area (Å²) in [4.78, 5) is 0. The van der Waals surface area contributed by atoms with Crippen LogP contribution in [0, 0.1) is 6.92 Å². The van der Waals surface area contributed by atoms with Gasteiger partial charge in [-0.1, -0.05) is 30.3 Å². The molecule has 0 aliphatic carbocycles. The van der Waals surface area contributed by atoms with E-state index < -0.39 is 0 Å². The lowest BCUT2D eigenvalue weighted by molar-refractivity contribution is 0.230. The predicted octanol–water partition coefficient (Wildman–Crippen LogP) is 3.03. The van der Waals surface area contributed by atoms with E-state index in [1.54, 1.807) is 0 Å². The summed E-state index contributed by atoms with van der Waals surface area (Å²) >= 11 is 0. The zero-order valence-electron chi connectivity index (χ0n) is 10.6. The molecule has 0 fully saturated rings. The first-order chi connectivity index (χ1) is 8.15. The number of hydrogen-bond donors (Lipinski definition) is 0. The number of aromatic nitrogens is 2. The van der Waals surface area contributed by atoms with Gasteiger partial charge in [-0.05, 0) is 26.3 Å². The molecule has 0 spiro atoms. The minimum absolute atomic E-state index is 0.162. The fraction of sp³-hybridized carbons (Fsp3) is 0.357. The van der Waals surface area contributed by atoms with Crippen molar-refractivity contribution in [2.24, 2.45) is 0 Å². The van der Waals surface area contributed by atoms with Crippen LogP contribution in [0.4, 0.5) is 0 Å². The van der Waals surface area contributed by atoms with Gasteiger partial charge in [-0.25, -0.2) is 0 Å². The second-order valence-corrected chi connectivity index (χ2v) is 4.43. The highest BCUT2D eigenvalue weighted by atomic mass is 16.5. The van der Waals surface area contributed by atoms with Crippen LogP contribution in [0.15, 0.2) is 36.4 Å². The van der Waals surface area contributed by atoms with E-state index in [9.17, 15) is 0 Å². The summed E-state index contributed by atoms with van der Waals surface area (Å²) in [6.45, 7) is 6.84. The van der Waals surface area contributed by atoms with E-state index in [1.165, 1.54) is 5.56 Å². The van der Waals surface area contributed by atoms with Gasteiger partial charge in [0.15, 0.2) is 0 Å². The van der Waals surface area contributed by atoms with Crippen LogP contribution in [0.3, 0.4) is 0 Å². The van der Waals surface area contributed by atoms with Gasteiger partial charge in [0.25, 0.3) is 0 Å². The lowest BCUT2D eigenvalue weighted by Crippen LogP contribution is -2.07. The van der Waals surface area contributed by atoms with Crippen LogP contribution in [0.5, 0.6) is 5.88 Å². The van der Waals surface area contributed by atoms with E-state index in [-0.39, 0.29) is 6.10 Å². The third-order valence-corrected chi connectivity index (χ3v) is 2.49. The number of benzene rings is 1. The summed E-state index contributed by atoms with van der Waals surface area (Å²) in [6, 6.07) is 12.3. The van der Waals surface area contributed by atoms with E-state index >= 15 is 0 Å². The van der Waals surface area contributed by atoms with Crippen molar-refractivity contribution in [2.75, 3.05) is 0 Å². The molecule has 2 rings (SSSR count). The van der Waals surface area contributed by atoms with Crippen LogP contribution in [-0.2, 0) is 6.54 Å². The van der Waals surface area contributed by atoms with Crippen LogP contribution in [0.25, 0.3) is 0 Å². The van der Waals surface area contributed by atoms with Gasteiger partial charge in [0.1, 0.15) is 0 Å². The normalized spacial score (nSPS) is 10.8. The van der Waals surface area contributed by atoms with E-state index in [0.717, 1.165) is 12.2 Å². The minimum Gasteiger partial charge on any atom is -0.474 e. The lowest BCUT2D eigenvalue weighted by Gasteiger charge is -2.06. The average molecular weight is 230 g/mol. The van der Waals surface area contributed by atoms with Gasteiger partial charge in [0.2, 0.25) is 5.88 Å². The van der Waals surface area contributed by atoms with Crippen molar-refractivity contribution in [3.63, 3.8) is 0 Å². The first-order valence-corrected chi connectivity index (χ1v) is 5.90. The maximum Gasteiger partial charge on any atom is 0.233 e. The van der Waals surface area contributed by atoms with Crippen LogP contribution in [-0.4, -0.2) is 15.9 Å². The summed E-state index contributed by atoms with van der Waals surface area (Å²) in [5.41, 5.74) is 2.36. The van der Waals surface area contributed by atoms with Gasteiger partial charge >= 0.3 is 0 Å². The molecule has 2 aromatic rings. The summed E-state index contributed by atoms with van der Waals surface area (Å²) in [7, 11) is 0. The summed E-state index contributed by atoms with van der Waals surface area (Å²) in [5.74, 6) is 0.702. The standard InChI is InChI=1S/C14H18N2O/c1-11(2)17-14-9-12(3)16(15-14)10-13-7-5-4-6-8-13/h4-9,11H,10H2,1-3H3. The molecule has 0 saturated carbocycles. The molecule has 0 unspecified atom stereocenters. The Balaban J connectivity index is 2.14. The Bertz CT molecular complexity index is 474. The molecular formula is C14H18N2O. The highest BCUT2D eigenvalue weighted by Gasteiger charge is 2.06. The SMILES string of the molecule is Cc1cc(OC(C)C)nn1Cc1ccccc1. The molecule has 0 atom stereocenters. The fourth-order valence-corrected chi connectivity index (χ4v) is 1.70. The van der Waals surface area contributed by atoms with Gasteiger partial charge in [-0.2, -0.15) is 0 Å². The third kappa shape index (κ3) is 3.09. The Morgan fingerprint density at radius 2 is 1.94 bits per heavy atom. The number of hydrogen-bond acceptors (Lipinski definition) is 2. The summed E-state index contributed by atoms with van der Waals surface area (Å²) in [5, 5.41) is 4.44. The predicted molar refractivity (Wildman–Crippen MR) is 68.3 cm³/mol. The van der Waals surface area contributed by atoms with Gasteiger partial charge in [0.05, 0.1) is 12.6 Å². The molecule has 1 heterocycles. The highest BCUT2D eigenvalue weighted by Crippen LogP contribution is 2.14. The smallest absolute Gasteiger partial charge is 0.233 e. The molecular weight excluding hydrogens is 212 g/mol. The Labute approximate surface area is 102 Å². The number of rotatable bonds is 4. The Morgan fingerprint density at radius 1 is 1.24 bits per heavy atom. The zero-order chi connectivity index (χ0) is 12.3. The number of ether oxygens (including phenoxy) is 1. The number of nitrogens with zero attached hydrogens (tertiary/aromatic N) is 2. The quantitative estimate of drug-likeness (QED) is 0.807. The topological polar surface area (TPSA) is 27.1 Å². The van der Waals surface area contributed by atoms with Crippen LogP contribution < -0.4 is 4.74 Å². The Hall–Kier alpha value is -1.77. The Kier molecular flexibility index (Phi) is 3.47. The Morgan fingerprint density at radius 3 is 2.59 bits per heavy atom. The van der Waals surface area contributed by atoms with Crippen molar-refractivity contribution in [3.05, 3.63) is 47.7 Å². The second-order valence-electron chi connectivity index (χ2n) is 4.43. The van der Waals surface area contributed by atoms with E-state index in [1.807, 2.05) is 49.7 Å². The first kappa shape index (κ1) is 11.7. The van der Waals surface area contributed by atoms with Crippen LogP contribution in [0.1, 0.15) is 25.1 Å². The molecule has 0 saturated heterocycles. The molecule has 0 N–H and O–H groups in total. The molecule has 0 aliphatic rings. The van der Waals surface area contributed by atoms with Crippen molar-refractivity contribution < 1.29 is 4.74 Å². The van der Waals surface area contributed by atoms with Crippen molar-refractivity contribution in [2.45, 2.75) is 33.4 Å². The molecule has 0 bridgehead atoms. The van der Waals surface area contributed by atoms with Gasteiger partial charge in [-0.15, -0.1) is 5.10 Å². The molecule has 90 valence electrons. The maximum absolute atomic E-state index is 5.58. The van der Waals surface area contributed by atoms with E-state index in [2.05, 4.69) is 17.2 Å². The molecule has 0 amide bonds. The molecule has 3 heteroatoms. The summed E-state index contributed by atoms with van der Waals surface area (Å²) in [6.07, 6.45) is 0.162. The van der Waals surface area contributed by atoms with Crippen LogP contribution >= 0.6 is 0 Å². The second kappa shape index (κ2) is 5.04. The maximum atomic E-state index is 5.58. The monoisotopic (exact) mass is 230 g/mol. The van der Waals surface area contributed by atoms with Crippen molar-refractivity contribution in [1.82, 2.24) is 9.78 Å². The van der Waals surface area contributed by atoms with E-state index in [0.29, 0.717) is 5.88 Å². The van der Waals surface area contributed by atoms with Gasteiger partial charge in [-0.3, -0.25) is 4.68 Å². The van der Waals surface area contributed by atoms with Crippen molar-refractivity contribution >= 4 is 0 Å². The fourth-order valence-electron chi connectivity index (χ4n) is 1.70. The summed E-state index contributed by atoms with van der Waals surface area (Å²) < 4.78 is 7.55. The zero-order valence-corrected chi connectivity index (χ0v) is 10.6. The average Bonchev–Trinajstić information content (AvgIpc) is 2.59. The molecule has 17 heavy (non-hydrogen) atoms. The van der Waals surface area contributed by atoms with Crippen LogP contribution in [0.2, 0.25) is 0 Å². The van der Waals surface area contributed by atoms with Gasteiger partial charge in [0, 0.05) is 11.8 Å². The largest absolute Gasteiger partial charge is 0.474 e. The molecule has 1 aromatic carbocycles. The molecule has 3 nitrogen and oxygen atoms in total. The lowest BCUT2D eigenvalue weighted by atomic mass is 10.2. The van der Waals surface area contributed by atoms with Crippen molar-refractivity contribution in [1.29, 1.82) is 0 Å². The number of aryl methyl sites for hydroxylation is 1. The molecule has 1 aromatic heterocycles.